The number of carbonyl (C=O) groups is 1. The average Bonchev–Trinajstić information content (AvgIpc) is 2.67. The van der Waals surface area contributed by atoms with Gasteiger partial charge in [-0.05, 0) is 50.2 Å². The van der Waals surface area contributed by atoms with Crippen molar-refractivity contribution in [1.29, 1.82) is 5.26 Å². The lowest BCUT2D eigenvalue weighted by Gasteiger charge is -2.37. The van der Waals surface area contributed by atoms with Gasteiger partial charge < -0.3 is 15.1 Å². The maximum atomic E-state index is 12.7. The van der Waals surface area contributed by atoms with E-state index in [0.29, 0.717) is 30.5 Å². The van der Waals surface area contributed by atoms with E-state index in [9.17, 15) is 4.79 Å². The molecular weight excluding hydrogens is 338 g/mol. The highest BCUT2D eigenvalue weighted by molar-refractivity contribution is 5.75. The molecule has 3 unspecified atom stereocenters. The number of pyridine rings is 1. The normalized spacial score (nSPS) is 24.3. The summed E-state index contributed by atoms with van der Waals surface area (Å²) in [6, 6.07) is 5.92. The topological polar surface area (TPSA) is 72.3 Å². The Bertz CT molecular complexity index is 715. The van der Waals surface area contributed by atoms with Gasteiger partial charge in [-0.1, -0.05) is 19.1 Å². The number of hydrogen-bond donors (Lipinski definition) is 1. The summed E-state index contributed by atoms with van der Waals surface area (Å²) in [5.74, 6) is 1.99. The number of anilines is 1. The summed E-state index contributed by atoms with van der Waals surface area (Å²) in [7, 11) is 0. The van der Waals surface area contributed by atoms with Crippen molar-refractivity contribution in [3.05, 3.63) is 36.0 Å². The van der Waals surface area contributed by atoms with Gasteiger partial charge in [0.05, 0.1) is 5.56 Å². The molecule has 1 saturated carbocycles. The number of urea groups is 1. The second-order valence-electron chi connectivity index (χ2n) is 7.99. The molecule has 1 aromatic rings. The maximum Gasteiger partial charge on any atom is 0.317 e. The van der Waals surface area contributed by atoms with Gasteiger partial charge in [0, 0.05) is 38.4 Å². The van der Waals surface area contributed by atoms with Crippen LogP contribution < -0.4 is 10.2 Å². The van der Waals surface area contributed by atoms with Crippen molar-refractivity contribution in [3.63, 3.8) is 0 Å². The van der Waals surface area contributed by atoms with Crippen LogP contribution in [0.1, 0.15) is 38.7 Å². The standard InChI is InChI=1S/C21H29N5O/c1-15-10-16(2)12-19(11-15)17(3)24-21(27)26-8-6-25(7-9-26)20-5-4-18(13-22)14-23-20/h4-5,14,16-17,19H,1,6-12H2,2-3H3,(H,24,27). The van der Waals surface area contributed by atoms with Crippen molar-refractivity contribution < 1.29 is 4.79 Å². The third-order valence-corrected chi connectivity index (χ3v) is 5.72. The molecule has 1 aliphatic carbocycles. The maximum absolute atomic E-state index is 12.7. The number of rotatable bonds is 3. The molecule has 1 saturated heterocycles. The van der Waals surface area contributed by atoms with Crippen LogP contribution in [0.25, 0.3) is 0 Å². The molecule has 0 bridgehead atoms. The Morgan fingerprint density at radius 3 is 2.67 bits per heavy atom. The van der Waals surface area contributed by atoms with Crippen LogP contribution in [0.15, 0.2) is 30.5 Å². The summed E-state index contributed by atoms with van der Waals surface area (Å²) < 4.78 is 0. The lowest BCUT2D eigenvalue weighted by atomic mass is 9.77. The first-order valence-electron chi connectivity index (χ1n) is 9.79. The van der Waals surface area contributed by atoms with Crippen LogP contribution in [-0.4, -0.2) is 48.1 Å². The molecule has 1 aliphatic heterocycles. The number of piperazine rings is 1. The zero-order valence-corrected chi connectivity index (χ0v) is 16.3. The highest BCUT2D eigenvalue weighted by Crippen LogP contribution is 2.33. The molecule has 2 amide bonds. The Balaban J connectivity index is 1.49. The fourth-order valence-corrected chi connectivity index (χ4v) is 4.19. The zero-order valence-electron chi connectivity index (χ0n) is 16.3. The monoisotopic (exact) mass is 367 g/mol. The summed E-state index contributed by atoms with van der Waals surface area (Å²) in [6.45, 7) is 11.4. The van der Waals surface area contributed by atoms with Crippen LogP contribution in [0.4, 0.5) is 10.6 Å². The van der Waals surface area contributed by atoms with Gasteiger partial charge in [-0.25, -0.2) is 9.78 Å². The Morgan fingerprint density at radius 2 is 2.07 bits per heavy atom. The van der Waals surface area contributed by atoms with Gasteiger partial charge in [-0.15, -0.1) is 0 Å². The van der Waals surface area contributed by atoms with Crippen LogP contribution in [0.5, 0.6) is 0 Å². The van der Waals surface area contributed by atoms with Crippen molar-refractivity contribution in [2.45, 2.75) is 39.2 Å². The Hall–Kier alpha value is -2.55. The van der Waals surface area contributed by atoms with E-state index in [2.05, 4.69) is 41.7 Å². The van der Waals surface area contributed by atoms with Crippen LogP contribution >= 0.6 is 0 Å². The van der Waals surface area contributed by atoms with Gasteiger partial charge >= 0.3 is 6.03 Å². The molecule has 27 heavy (non-hydrogen) atoms. The predicted octanol–water partition coefficient (Wildman–Crippen LogP) is 3.17. The van der Waals surface area contributed by atoms with E-state index in [1.165, 1.54) is 5.57 Å². The van der Waals surface area contributed by atoms with Crippen molar-refractivity contribution in [3.8, 4) is 6.07 Å². The molecule has 2 fully saturated rings. The van der Waals surface area contributed by atoms with E-state index in [0.717, 1.165) is 38.2 Å². The molecule has 3 atom stereocenters. The quantitative estimate of drug-likeness (QED) is 0.833. The lowest BCUT2D eigenvalue weighted by Crippen LogP contribution is -2.54. The zero-order chi connectivity index (χ0) is 19.4. The summed E-state index contributed by atoms with van der Waals surface area (Å²) in [6.07, 6.45) is 4.88. The van der Waals surface area contributed by atoms with Gasteiger partial charge in [0.15, 0.2) is 0 Å². The molecule has 0 spiro atoms. The first-order chi connectivity index (χ1) is 13.0. The molecule has 3 rings (SSSR count). The largest absolute Gasteiger partial charge is 0.353 e. The SMILES string of the molecule is C=C1CC(C)CC(C(C)NC(=O)N2CCN(c3ccc(C#N)cn3)CC2)C1. The molecule has 2 aliphatic rings. The minimum absolute atomic E-state index is 0.0266. The summed E-state index contributed by atoms with van der Waals surface area (Å²) in [5, 5.41) is 12.1. The van der Waals surface area contributed by atoms with Crippen LogP contribution in [0, 0.1) is 23.2 Å². The van der Waals surface area contributed by atoms with E-state index in [1.54, 1.807) is 12.3 Å². The molecule has 2 heterocycles. The van der Waals surface area contributed by atoms with Crippen molar-refractivity contribution in [2.75, 3.05) is 31.1 Å². The number of amides is 2. The number of aromatic nitrogens is 1. The summed E-state index contributed by atoms with van der Waals surface area (Å²) in [4.78, 5) is 21.0. The second-order valence-corrected chi connectivity index (χ2v) is 7.99. The lowest BCUT2D eigenvalue weighted by molar-refractivity contribution is 0.181. The van der Waals surface area contributed by atoms with E-state index in [4.69, 9.17) is 5.26 Å². The van der Waals surface area contributed by atoms with Crippen molar-refractivity contribution in [1.82, 2.24) is 15.2 Å². The molecule has 6 heteroatoms. The molecular formula is C21H29N5O. The first kappa shape index (κ1) is 19.2. The van der Waals surface area contributed by atoms with Gasteiger partial charge in [-0.3, -0.25) is 0 Å². The highest BCUT2D eigenvalue weighted by atomic mass is 16.2. The minimum Gasteiger partial charge on any atom is -0.353 e. The number of nitrogens with one attached hydrogen (secondary N) is 1. The summed E-state index contributed by atoms with van der Waals surface area (Å²) >= 11 is 0. The third-order valence-electron chi connectivity index (χ3n) is 5.72. The second kappa shape index (κ2) is 8.43. The van der Waals surface area contributed by atoms with Crippen molar-refractivity contribution in [2.24, 2.45) is 11.8 Å². The van der Waals surface area contributed by atoms with Crippen LogP contribution in [0.3, 0.4) is 0 Å². The van der Waals surface area contributed by atoms with Gasteiger partial charge in [0.25, 0.3) is 0 Å². The number of nitrogens with zero attached hydrogens (tertiary/aromatic N) is 4. The molecule has 1 aromatic heterocycles. The molecule has 144 valence electrons. The van der Waals surface area contributed by atoms with Gasteiger partial charge in [0.2, 0.25) is 0 Å². The van der Waals surface area contributed by atoms with Crippen LogP contribution in [0.2, 0.25) is 0 Å². The molecule has 6 nitrogen and oxygen atoms in total. The number of carbonyl (C=O) groups excluding carboxylic acids is 1. The number of hydrogen-bond acceptors (Lipinski definition) is 4. The highest BCUT2D eigenvalue weighted by Gasteiger charge is 2.29. The smallest absolute Gasteiger partial charge is 0.317 e. The Labute approximate surface area is 161 Å². The van der Waals surface area contributed by atoms with Gasteiger partial charge in [-0.2, -0.15) is 5.26 Å². The van der Waals surface area contributed by atoms with E-state index in [-0.39, 0.29) is 12.1 Å². The van der Waals surface area contributed by atoms with Gasteiger partial charge in [0.1, 0.15) is 11.9 Å². The molecule has 1 N–H and O–H groups in total. The van der Waals surface area contributed by atoms with Crippen LogP contribution in [-0.2, 0) is 0 Å². The van der Waals surface area contributed by atoms with E-state index < -0.39 is 0 Å². The predicted molar refractivity (Wildman–Crippen MR) is 106 cm³/mol. The Kier molecular flexibility index (Phi) is 6.00. The van der Waals surface area contributed by atoms with Crippen molar-refractivity contribution >= 4 is 11.8 Å². The third kappa shape index (κ3) is 4.79. The minimum atomic E-state index is 0.0266. The summed E-state index contributed by atoms with van der Waals surface area (Å²) in [5.41, 5.74) is 1.87. The Morgan fingerprint density at radius 1 is 1.33 bits per heavy atom. The molecule has 0 aromatic carbocycles. The van der Waals surface area contributed by atoms with E-state index >= 15 is 0 Å². The fraction of sp³-hybridized carbons (Fsp3) is 0.571. The molecule has 0 radical (unpaired) electrons. The number of allylic oxidation sites excluding steroid dienone is 1. The average molecular weight is 367 g/mol. The fourth-order valence-electron chi connectivity index (χ4n) is 4.19. The van der Waals surface area contributed by atoms with E-state index in [1.807, 2.05) is 11.0 Å². The number of nitriles is 1. The first-order valence-corrected chi connectivity index (χ1v) is 9.79.